The normalized spacial score (nSPS) is 11.0. The molecule has 0 fully saturated rings. The smallest absolute Gasteiger partial charge is 0.189 e. The Labute approximate surface area is 113 Å². The van der Waals surface area contributed by atoms with Gasteiger partial charge in [-0.05, 0) is 6.42 Å². The number of hydrogen-bond donors (Lipinski definition) is 2. The molecule has 1 heterocycles. The lowest BCUT2D eigenvalue weighted by Gasteiger charge is -2.03. The quantitative estimate of drug-likeness (QED) is 0.357. The Bertz CT molecular complexity index is 322. The van der Waals surface area contributed by atoms with Crippen LogP contribution in [-0.4, -0.2) is 27.3 Å². The zero-order valence-electron chi connectivity index (χ0n) is 9.68. The SMILES string of the molecule is CCCCNC(N)=NCc1ncnn1C.I. The number of hydrogen-bond acceptors (Lipinski definition) is 3. The van der Waals surface area contributed by atoms with Crippen molar-refractivity contribution < 1.29 is 0 Å². The van der Waals surface area contributed by atoms with Gasteiger partial charge in [-0.25, -0.2) is 9.98 Å². The Kier molecular flexibility index (Phi) is 7.86. The zero-order valence-corrected chi connectivity index (χ0v) is 12.0. The first-order valence-electron chi connectivity index (χ1n) is 5.10. The maximum atomic E-state index is 5.66. The van der Waals surface area contributed by atoms with Crippen molar-refractivity contribution in [3.8, 4) is 0 Å². The summed E-state index contributed by atoms with van der Waals surface area (Å²) >= 11 is 0. The average molecular weight is 338 g/mol. The minimum absolute atomic E-state index is 0. The Morgan fingerprint density at radius 2 is 2.38 bits per heavy atom. The van der Waals surface area contributed by atoms with Crippen molar-refractivity contribution in [2.45, 2.75) is 26.3 Å². The van der Waals surface area contributed by atoms with Gasteiger partial charge in [0.2, 0.25) is 0 Å². The van der Waals surface area contributed by atoms with E-state index in [1.807, 2.05) is 7.05 Å². The molecular formula is C9H19IN6. The third kappa shape index (κ3) is 5.29. The minimum Gasteiger partial charge on any atom is -0.370 e. The molecule has 0 saturated carbocycles. The van der Waals surface area contributed by atoms with Crippen LogP contribution in [0.3, 0.4) is 0 Å². The van der Waals surface area contributed by atoms with Gasteiger partial charge in [-0.1, -0.05) is 13.3 Å². The van der Waals surface area contributed by atoms with E-state index in [9.17, 15) is 0 Å². The first-order valence-corrected chi connectivity index (χ1v) is 5.10. The maximum absolute atomic E-state index is 5.66. The summed E-state index contributed by atoms with van der Waals surface area (Å²) in [4.78, 5) is 8.20. The Morgan fingerprint density at radius 1 is 1.62 bits per heavy atom. The Hall–Kier alpha value is -0.860. The molecule has 0 aliphatic carbocycles. The average Bonchev–Trinajstić information content (AvgIpc) is 2.61. The molecule has 1 rings (SSSR count). The first kappa shape index (κ1) is 15.1. The van der Waals surface area contributed by atoms with Crippen LogP contribution in [0.25, 0.3) is 0 Å². The van der Waals surface area contributed by atoms with Crippen LogP contribution in [-0.2, 0) is 13.6 Å². The number of nitrogens with zero attached hydrogens (tertiary/aromatic N) is 4. The molecule has 3 N–H and O–H groups in total. The second-order valence-electron chi connectivity index (χ2n) is 3.28. The van der Waals surface area contributed by atoms with E-state index in [4.69, 9.17) is 5.73 Å². The molecule has 1 aromatic heterocycles. The van der Waals surface area contributed by atoms with Crippen LogP contribution in [0.4, 0.5) is 0 Å². The van der Waals surface area contributed by atoms with E-state index in [0.29, 0.717) is 12.5 Å². The third-order valence-corrected chi connectivity index (χ3v) is 2.03. The fourth-order valence-corrected chi connectivity index (χ4v) is 1.07. The predicted molar refractivity (Wildman–Crippen MR) is 74.7 cm³/mol. The number of aryl methyl sites for hydroxylation is 1. The number of aliphatic imine (C=N–C) groups is 1. The van der Waals surface area contributed by atoms with Crippen LogP contribution >= 0.6 is 24.0 Å². The van der Waals surface area contributed by atoms with Crippen LogP contribution in [0, 0.1) is 0 Å². The number of halogens is 1. The van der Waals surface area contributed by atoms with Crippen molar-refractivity contribution >= 4 is 29.9 Å². The summed E-state index contributed by atoms with van der Waals surface area (Å²) < 4.78 is 1.68. The van der Waals surface area contributed by atoms with E-state index < -0.39 is 0 Å². The van der Waals surface area contributed by atoms with Gasteiger partial charge < -0.3 is 11.1 Å². The second-order valence-corrected chi connectivity index (χ2v) is 3.28. The lowest BCUT2D eigenvalue weighted by Crippen LogP contribution is -2.32. The highest BCUT2D eigenvalue weighted by atomic mass is 127. The molecule has 7 heteroatoms. The highest BCUT2D eigenvalue weighted by Gasteiger charge is 1.98. The lowest BCUT2D eigenvalue weighted by atomic mass is 10.3. The van der Waals surface area contributed by atoms with Crippen molar-refractivity contribution in [3.63, 3.8) is 0 Å². The number of aromatic nitrogens is 3. The number of nitrogens with one attached hydrogen (secondary N) is 1. The summed E-state index contributed by atoms with van der Waals surface area (Å²) in [6, 6.07) is 0. The number of rotatable bonds is 5. The van der Waals surface area contributed by atoms with Gasteiger partial charge in [-0.15, -0.1) is 24.0 Å². The van der Waals surface area contributed by atoms with Crippen molar-refractivity contribution in [2.75, 3.05) is 6.54 Å². The predicted octanol–water partition coefficient (Wildman–Crippen LogP) is 0.637. The maximum Gasteiger partial charge on any atom is 0.189 e. The van der Waals surface area contributed by atoms with Gasteiger partial charge in [0.05, 0.1) is 0 Å². The third-order valence-electron chi connectivity index (χ3n) is 2.03. The van der Waals surface area contributed by atoms with E-state index in [0.717, 1.165) is 25.2 Å². The summed E-state index contributed by atoms with van der Waals surface area (Å²) in [5, 5.41) is 6.98. The van der Waals surface area contributed by atoms with E-state index in [1.54, 1.807) is 4.68 Å². The molecule has 0 saturated heterocycles. The summed E-state index contributed by atoms with van der Waals surface area (Å²) in [7, 11) is 1.83. The van der Waals surface area contributed by atoms with Gasteiger partial charge in [0.1, 0.15) is 18.7 Å². The number of nitrogens with two attached hydrogens (primary N) is 1. The monoisotopic (exact) mass is 338 g/mol. The Morgan fingerprint density at radius 3 is 2.94 bits per heavy atom. The molecule has 0 bridgehead atoms. The van der Waals surface area contributed by atoms with E-state index in [-0.39, 0.29) is 24.0 Å². The molecule has 6 nitrogen and oxygen atoms in total. The van der Waals surface area contributed by atoms with Gasteiger partial charge >= 0.3 is 0 Å². The molecular weight excluding hydrogens is 319 g/mol. The molecule has 0 spiro atoms. The largest absolute Gasteiger partial charge is 0.370 e. The Balaban J connectivity index is 0.00000225. The van der Waals surface area contributed by atoms with Crippen molar-refractivity contribution in [3.05, 3.63) is 12.2 Å². The van der Waals surface area contributed by atoms with Gasteiger partial charge in [0, 0.05) is 13.6 Å². The summed E-state index contributed by atoms with van der Waals surface area (Å²) in [6.45, 7) is 3.46. The van der Waals surface area contributed by atoms with Crippen molar-refractivity contribution in [1.29, 1.82) is 0 Å². The van der Waals surface area contributed by atoms with Crippen molar-refractivity contribution in [1.82, 2.24) is 20.1 Å². The van der Waals surface area contributed by atoms with Crippen LogP contribution in [0.15, 0.2) is 11.3 Å². The van der Waals surface area contributed by atoms with Gasteiger partial charge in [0.25, 0.3) is 0 Å². The van der Waals surface area contributed by atoms with Gasteiger partial charge in [-0.2, -0.15) is 5.10 Å². The van der Waals surface area contributed by atoms with Crippen LogP contribution in [0.2, 0.25) is 0 Å². The van der Waals surface area contributed by atoms with Crippen molar-refractivity contribution in [2.24, 2.45) is 17.8 Å². The summed E-state index contributed by atoms with van der Waals surface area (Å²) in [6.07, 6.45) is 3.75. The minimum atomic E-state index is 0. The van der Waals surface area contributed by atoms with Crippen LogP contribution in [0.5, 0.6) is 0 Å². The van der Waals surface area contributed by atoms with Gasteiger partial charge in [0.15, 0.2) is 5.96 Å². The molecule has 0 aliphatic heterocycles. The van der Waals surface area contributed by atoms with Gasteiger partial charge in [-0.3, -0.25) is 4.68 Å². The van der Waals surface area contributed by atoms with E-state index >= 15 is 0 Å². The number of unbranched alkanes of at least 4 members (excludes halogenated alkanes) is 1. The molecule has 0 amide bonds. The molecule has 0 aromatic carbocycles. The lowest BCUT2D eigenvalue weighted by molar-refractivity contribution is 0.698. The fourth-order valence-electron chi connectivity index (χ4n) is 1.07. The molecule has 0 atom stereocenters. The fraction of sp³-hybridized carbons (Fsp3) is 0.667. The molecule has 92 valence electrons. The first-order chi connectivity index (χ1) is 7.24. The number of guanidine groups is 1. The topological polar surface area (TPSA) is 81.1 Å². The van der Waals surface area contributed by atoms with Crippen LogP contribution in [0.1, 0.15) is 25.6 Å². The van der Waals surface area contributed by atoms with E-state index in [1.165, 1.54) is 6.33 Å². The second kappa shape index (κ2) is 8.31. The molecule has 0 aliphatic rings. The molecule has 0 unspecified atom stereocenters. The highest BCUT2D eigenvalue weighted by Crippen LogP contribution is 1.92. The van der Waals surface area contributed by atoms with Crippen LogP contribution < -0.4 is 11.1 Å². The highest BCUT2D eigenvalue weighted by molar-refractivity contribution is 14.0. The van der Waals surface area contributed by atoms with E-state index in [2.05, 4.69) is 27.3 Å². The zero-order chi connectivity index (χ0) is 11.1. The molecule has 1 aromatic rings. The summed E-state index contributed by atoms with van der Waals surface area (Å²) in [5.74, 6) is 1.27. The molecule has 16 heavy (non-hydrogen) atoms. The standard InChI is InChI=1S/C9H18N6.HI/c1-3-4-5-11-9(10)12-6-8-13-7-14-15(8)2;/h7H,3-6H2,1-2H3,(H3,10,11,12);1H. The summed E-state index contributed by atoms with van der Waals surface area (Å²) in [5.41, 5.74) is 5.66. The molecule has 0 radical (unpaired) electrons.